The summed E-state index contributed by atoms with van der Waals surface area (Å²) in [6, 6.07) is 3.66. The number of primary sulfonamides is 1. The number of methoxy groups -OCH3 is 1. The second-order valence-electron chi connectivity index (χ2n) is 6.16. The zero-order chi connectivity index (χ0) is 18.4. The monoisotopic (exact) mass is 372 g/mol. The predicted octanol–water partition coefficient (Wildman–Crippen LogP) is 1.01. The fraction of sp³-hybridized carbons (Fsp3) is 0.600. The van der Waals surface area contributed by atoms with Crippen molar-refractivity contribution in [2.75, 3.05) is 45.2 Å². The Kier molecular flexibility index (Phi) is 6.71. The summed E-state index contributed by atoms with van der Waals surface area (Å²) in [6.45, 7) is 4.07. The average molecular weight is 372 g/mol. The SMILES string of the molecule is COCCN1CCC[C@@H](CNc2ccc(S(N)(=O)=O)cc2[N+](=O)[O-])C1. The van der Waals surface area contributed by atoms with Crippen LogP contribution in [0.5, 0.6) is 0 Å². The first-order valence-corrected chi connectivity index (χ1v) is 9.62. The van der Waals surface area contributed by atoms with Gasteiger partial charge in [0, 0.05) is 32.8 Å². The molecule has 25 heavy (non-hydrogen) atoms. The number of rotatable bonds is 8. The molecule has 3 N–H and O–H groups in total. The summed E-state index contributed by atoms with van der Waals surface area (Å²) in [5.74, 6) is 0.364. The van der Waals surface area contributed by atoms with E-state index in [0.29, 0.717) is 24.8 Å². The highest BCUT2D eigenvalue weighted by Crippen LogP contribution is 2.28. The van der Waals surface area contributed by atoms with Crippen LogP contribution in [0.4, 0.5) is 11.4 Å². The lowest BCUT2D eigenvalue weighted by Gasteiger charge is -2.32. The lowest BCUT2D eigenvalue weighted by Crippen LogP contribution is -2.39. The first-order valence-electron chi connectivity index (χ1n) is 8.07. The van der Waals surface area contributed by atoms with Gasteiger partial charge in [0.15, 0.2) is 0 Å². The molecule has 1 aromatic carbocycles. The van der Waals surface area contributed by atoms with Crippen LogP contribution in [-0.4, -0.2) is 58.1 Å². The van der Waals surface area contributed by atoms with Gasteiger partial charge in [0.25, 0.3) is 5.69 Å². The van der Waals surface area contributed by atoms with Crippen LogP contribution in [0.25, 0.3) is 0 Å². The van der Waals surface area contributed by atoms with Crippen molar-refractivity contribution < 1.29 is 18.1 Å². The van der Waals surface area contributed by atoms with Crippen LogP contribution in [-0.2, 0) is 14.8 Å². The number of anilines is 1. The Bertz CT molecular complexity index is 710. The Morgan fingerprint density at radius 1 is 1.48 bits per heavy atom. The van der Waals surface area contributed by atoms with E-state index >= 15 is 0 Å². The Morgan fingerprint density at radius 3 is 2.88 bits per heavy atom. The molecule has 9 nitrogen and oxygen atoms in total. The number of nitrogens with two attached hydrogens (primary N) is 1. The minimum absolute atomic E-state index is 0.270. The summed E-state index contributed by atoms with van der Waals surface area (Å²) >= 11 is 0. The molecule has 0 unspecified atom stereocenters. The van der Waals surface area contributed by atoms with Gasteiger partial charge in [-0.25, -0.2) is 13.6 Å². The van der Waals surface area contributed by atoms with Crippen molar-refractivity contribution in [3.63, 3.8) is 0 Å². The first kappa shape index (κ1) is 19.6. The van der Waals surface area contributed by atoms with Crippen molar-refractivity contribution in [1.82, 2.24) is 4.90 Å². The molecule has 0 spiro atoms. The van der Waals surface area contributed by atoms with E-state index in [0.717, 1.165) is 38.5 Å². The van der Waals surface area contributed by atoms with Crippen LogP contribution >= 0.6 is 0 Å². The van der Waals surface area contributed by atoms with E-state index in [1.807, 2.05) is 0 Å². The number of nitrogens with one attached hydrogen (secondary N) is 1. The van der Waals surface area contributed by atoms with Gasteiger partial charge in [-0.05, 0) is 37.4 Å². The van der Waals surface area contributed by atoms with Gasteiger partial charge < -0.3 is 15.0 Å². The standard InChI is InChI=1S/C15H24N4O5S/c1-24-8-7-18-6-2-3-12(11-18)10-17-14-5-4-13(25(16,22)23)9-15(14)19(20)21/h4-5,9,12,17H,2-3,6-8,10-11H2,1H3,(H2,16,22,23)/t12-/m0/s1. The molecule has 10 heteroatoms. The average Bonchev–Trinajstić information content (AvgIpc) is 2.57. The minimum Gasteiger partial charge on any atom is -0.383 e. The molecular weight excluding hydrogens is 348 g/mol. The fourth-order valence-electron chi connectivity index (χ4n) is 2.98. The van der Waals surface area contributed by atoms with Crippen molar-refractivity contribution in [1.29, 1.82) is 0 Å². The largest absolute Gasteiger partial charge is 0.383 e. The van der Waals surface area contributed by atoms with Gasteiger partial charge >= 0.3 is 0 Å². The van der Waals surface area contributed by atoms with E-state index in [9.17, 15) is 18.5 Å². The second-order valence-corrected chi connectivity index (χ2v) is 7.73. The van der Waals surface area contributed by atoms with Crippen LogP contribution in [0, 0.1) is 16.0 Å². The van der Waals surface area contributed by atoms with Crippen molar-refractivity contribution in [3.05, 3.63) is 28.3 Å². The summed E-state index contributed by atoms with van der Waals surface area (Å²) in [7, 11) is -2.30. The lowest BCUT2D eigenvalue weighted by molar-refractivity contribution is -0.384. The number of nitro groups is 1. The third kappa shape index (κ3) is 5.63. The van der Waals surface area contributed by atoms with E-state index in [4.69, 9.17) is 9.88 Å². The molecule has 0 bridgehead atoms. The number of sulfonamides is 1. The van der Waals surface area contributed by atoms with Crippen LogP contribution in [0.15, 0.2) is 23.1 Å². The number of nitro benzene ring substituents is 1. The van der Waals surface area contributed by atoms with Crippen LogP contribution < -0.4 is 10.5 Å². The molecule has 2 rings (SSSR count). The van der Waals surface area contributed by atoms with Gasteiger partial charge in [0.1, 0.15) is 5.69 Å². The minimum atomic E-state index is -3.98. The molecule has 0 aromatic heterocycles. The van der Waals surface area contributed by atoms with E-state index in [1.165, 1.54) is 12.1 Å². The Morgan fingerprint density at radius 2 is 2.24 bits per heavy atom. The Balaban J connectivity index is 2.03. The Labute approximate surface area is 147 Å². The van der Waals surface area contributed by atoms with Gasteiger partial charge in [-0.1, -0.05) is 0 Å². The topological polar surface area (TPSA) is 128 Å². The lowest BCUT2D eigenvalue weighted by atomic mass is 9.98. The van der Waals surface area contributed by atoms with Crippen molar-refractivity contribution in [3.8, 4) is 0 Å². The summed E-state index contributed by atoms with van der Waals surface area (Å²) in [5, 5.41) is 19.3. The number of piperidine rings is 1. The summed E-state index contributed by atoms with van der Waals surface area (Å²) in [4.78, 5) is 12.7. The van der Waals surface area contributed by atoms with Crippen LogP contribution in [0.2, 0.25) is 0 Å². The number of benzene rings is 1. The quantitative estimate of drug-likeness (QED) is 0.515. The molecule has 1 aliphatic heterocycles. The van der Waals surface area contributed by atoms with Gasteiger partial charge in [-0.3, -0.25) is 10.1 Å². The maximum Gasteiger partial charge on any atom is 0.293 e. The molecule has 140 valence electrons. The fourth-order valence-corrected chi connectivity index (χ4v) is 3.52. The highest BCUT2D eigenvalue weighted by atomic mass is 32.2. The molecule has 1 fully saturated rings. The summed E-state index contributed by atoms with van der Waals surface area (Å²) in [5.41, 5.74) is 0.00462. The van der Waals surface area contributed by atoms with Crippen molar-refractivity contribution in [2.24, 2.45) is 11.1 Å². The zero-order valence-electron chi connectivity index (χ0n) is 14.2. The molecule has 0 saturated carbocycles. The normalized spacial score (nSPS) is 18.9. The molecule has 0 amide bonds. The number of hydrogen-bond acceptors (Lipinski definition) is 7. The van der Waals surface area contributed by atoms with Gasteiger partial charge in [0.2, 0.25) is 10.0 Å². The zero-order valence-corrected chi connectivity index (χ0v) is 15.0. The van der Waals surface area contributed by atoms with Gasteiger partial charge in [0.05, 0.1) is 16.4 Å². The smallest absolute Gasteiger partial charge is 0.293 e. The molecule has 1 heterocycles. The molecule has 1 aliphatic rings. The van der Waals surface area contributed by atoms with Crippen molar-refractivity contribution >= 4 is 21.4 Å². The molecule has 0 aliphatic carbocycles. The van der Waals surface area contributed by atoms with Crippen molar-refractivity contribution in [2.45, 2.75) is 17.7 Å². The van der Waals surface area contributed by atoms with Crippen LogP contribution in [0.3, 0.4) is 0 Å². The summed E-state index contributed by atoms with van der Waals surface area (Å²) < 4.78 is 27.8. The van der Waals surface area contributed by atoms with E-state index < -0.39 is 14.9 Å². The highest BCUT2D eigenvalue weighted by molar-refractivity contribution is 7.89. The predicted molar refractivity (Wildman–Crippen MR) is 94.0 cm³/mol. The number of hydrogen-bond donors (Lipinski definition) is 2. The van der Waals surface area contributed by atoms with E-state index in [2.05, 4.69) is 10.2 Å². The first-order chi connectivity index (χ1) is 11.8. The van der Waals surface area contributed by atoms with Gasteiger partial charge in [-0.2, -0.15) is 0 Å². The third-order valence-corrected chi connectivity index (χ3v) is 5.20. The number of nitrogens with zero attached hydrogens (tertiary/aromatic N) is 2. The summed E-state index contributed by atoms with van der Waals surface area (Å²) in [6.07, 6.45) is 2.11. The molecule has 0 radical (unpaired) electrons. The number of likely N-dealkylation sites (tertiary alicyclic amines) is 1. The van der Waals surface area contributed by atoms with E-state index in [1.54, 1.807) is 7.11 Å². The molecule has 1 saturated heterocycles. The second kappa shape index (κ2) is 8.56. The third-order valence-electron chi connectivity index (χ3n) is 4.29. The van der Waals surface area contributed by atoms with Crippen LogP contribution in [0.1, 0.15) is 12.8 Å². The van der Waals surface area contributed by atoms with E-state index in [-0.39, 0.29) is 10.6 Å². The number of ether oxygens (including phenoxy) is 1. The molecule has 1 atom stereocenters. The molecule has 1 aromatic rings. The highest BCUT2D eigenvalue weighted by Gasteiger charge is 2.22. The Hall–Kier alpha value is -1.75. The van der Waals surface area contributed by atoms with Gasteiger partial charge in [-0.15, -0.1) is 0 Å². The maximum absolute atomic E-state index is 11.4. The maximum atomic E-state index is 11.4. The molecular formula is C15H24N4O5S.